The smallest absolute Gasteiger partial charge is 0.0115 e. The number of allylic oxidation sites excluding steroid dienone is 2. The van der Waals surface area contributed by atoms with E-state index < -0.39 is 0 Å². The van der Waals surface area contributed by atoms with Gasteiger partial charge >= 0.3 is 0 Å². The van der Waals surface area contributed by atoms with Crippen molar-refractivity contribution < 1.29 is 1.43 Å². The van der Waals surface area contributed by atoms with Crippen molar-refractivity contribution in [2.75, 3.05) is 6.54 Å². The van der Waals surface area contributed by atoms with E-state index in [9.17, 15) is 0 Å². The summed E-state index contributed by atoms with van der Waals surface area (Å²) in [7, 11) is 0. The fourth-order valence-electron chi connectivity index (χ4n) is 0.838. The van der Waals surface area contributed by atoms with Gasteiger partial charge in [0.25, 0.3) is 0 Å². The molecule has 0 aliphatic carbocycles. The first-order chi connectivity index (χ1) is 4.59. The van der Waals surface area contributed by atoms with Gasteiger partial charge in [0, 0.05) is 13.7 Å². The van der Waals surface area contributed by atoms with Crippen LogP contribution in [-0.4, -0.2) is 6.54 Å². The SMILES string of the molecule is CCN/C(C)=C(\C)C(C)C.[HH]. The molecule has 0 radical (unpaired) electrons. The van der Waals surface area contributed by atoms with Gasteiger partial charge in [-0.15, -0.1) is 0 Å². The maximum atomic E-state index is 3.31. The van der Waals surface area contributed by atoms with Crippen molar-refractivity contribution in [3.8, 4) is 0 Å². The van der Waals surface area contributed by atoms with Crippen LogP contribution in [0.5, 0.6) is 0 Å². The molecule has 0 bridgehead atoms. The van der Waals surface area contributed by atoms with E-state index in [1.165, 1.54) is 11.3 Å². The number of hydrogen-bond donors (Lipinski definition) is 1. The number of rotatable bonds is 3. The summed E-state index contributed by atoms with van der Waals surface area (Å²) >= 11 is 0. The quantitative estimate of drug-likeness (QED) is 0.640. The second kappa shape index (κ2) is 4.37. The van der Waals surface area contributed by atoms with E-state index in [0.717, 1.165) is 6.54 Å². The van der Waals surface area contributed by atoms with Gasteiger partial charge in [0.05, 0.1) is 0 Å². The largest absolute Gasteiger partial charge is 0.389 e. The zero-order chi connectivity index (χ0) is 8.15. The third kappa shape index (κ3) is 2.90. The Morgan fingerprint density at radius 1 is 1.40 bits per heavy atom. The second-order valence-corrected chi connectivity index (χ2v) is 2.99. The van der Waals surface area contributed by atoms with Crippen LogP contribution in [0.2, 0.25) is 0 Å². The van der Waals surface area contributed by atoms with Crippen LogP contribution in [0.1, 0.15) is 36.0 Å². The molecule has 0 heterocycles. The van der Waals surface area contributed by atoms with E-state index in [2.05, 4.69) is 39.9 Å². The van der Waals surface area contributed by atoms with Gasteiger partial charge < -0.3 is 5.32 Å². The highest BCUT2D eigenvalue weighted by Gasteiger charge is 1.99. The molecule has 10 heavy (non-hydrogen) atoms. The highest BCUT2D eigenvalue weighted by molar-refractivity contribution is 5.09. The Morgan fingerprint density at radius 2 is 1.90 bits per heavy atom. The summed E-state index contributed by atoms with van der Waals surface area (Å²) in [4.78, 5) is 0. The molecule has 62 valence electrons. The van der Waals surface area contributed by atoms with Gasteiger partial charge in [-0.2, -0.15) is 0 Å². The summed E-state index contributed by atoms with van der Waals surface area (Å²) in [5, 5.41) is 3.31. The van der Waals surface area contributed by atoms with E-state index in [4.69, 9.17) is 0 Å². The van der Waals surface area contributed by atoms with Crippen molar-refractivity contribution in [3.05, 3.63) is 11.3 Å². The molecule has 0 saturated carbocycles. The molecular weight excluding hydrogens is 122 g/mol. The van der Waals surface area contributed by atoms with Crippen molar-refractivity contribution >= 4 is 0 Å². The molecule has 0 fully saturated rings. The molecule has 1 heteroatoms. The first-order valence-electron chi connectivity index (χ1n) is 4.00. The van der Waals surface area contributed by atoms with Crippen LogP contribution >= 0.6 is 0 Å². The molecule has 0 atom stereocenters. The minimum absolute atomic E-state index is 0. The van der Waals surface area contributed by atoms with Crippen LogP contribution in [-0.2, 0) is 0 Å². The Bertz CT molecular complexity index is 128. The average molecular weight is 143 g/mol. The van der Waals surface area contributed by atoms with Crippen LogP contribution in [0, 0.1) is 5.92 Å². The molecule has 0 aliphatic heterocycles. The van der Waals surface area contributed by atoms with Crippen molar-refractivity contribution in [1.29, 1.82) is 0 Å². The van der Waals surface area contributed by atoms with Crippen molar-refractivity contribution in [2.24, 2.45) is 5.92 Å². The van der Waals surface area contributed by atoms with Crippen LogP contribution in [0.3, 0.4) is 0 Å². The predicted molar refractivity (Wildman–Crippen MR) is 49.0 cm³/mol. The van der Waals surface area contributed by atoms with E-state index in [-0.39, 0.29) is 1.43 Å². The minimum Gasteiger partial charge on any atom is -0.389 e. The topological polar surface area (TPSA) is 12.0 Å². The Morgan fingerprint density at radius 3 is 2.20 bits per heavy atom. The lowest BCUT2D eigenvalue weighted by Crippen LogP contribution is -2.12. The van der Waals surface area contributed by atoms with E-state index in [1.54, 1.807) is 0 Å². The monoisotopic (exact) mass is 143 g/mol. The molecule has 0 aromatic rings. The highest BCUT2D eigenvalue weighted by atomic mass is 14.9. The molecule has 0 aromatic carbocycles. The van der Waals surface area contributed by atoms with Gasteiger partial charge in [-0.25, -0.2) is 0 Å². The first-order valence-corrected chi connectivity index (χ1v) is 4.00. The third-order valence-corrected chi connectivity index (χ3v) is 1.90. The fourth-order valence-corrected chi connectivity index (χ4v) is 0.838. The standard InChI is InChI=1S/C9H19N.H2/c1-6-10-9(5)8(4)7(2)3;/h7,10H,6H2,1-5H3;1H/b9-8+;. The van der Waals surface area contributed by atoms with Crippen molar-refractivity contribution in [2.45, 2.75) is 34.6 Å². The molecule has 0 saturated heterocycles. The molecule has 0 spiro atoms. The van der Waals surface area contributed by atoms with E-state index >= 15 is 0 Å². The van der Waals surface area contributed by atoms with Crippen LogP contribution in [0.4, 0.5) is 0 Å². The summed E-state index contributed by atoms with van der Waals surface area (Å²) in [6.07, 6.45) is 0. The second-order valence-electron chi connectivity index (χ2n) is 2.99. The molecule has 0 aromatic heterocycles. The lowest BCUT2D eigenvalue weighted by molar-refractivity contribution is 0.722. The van der Waals surface area contributed by atoms with E-state index in [1.807, 2.05) is 0 Å². The van der Waals surface area contributed by atoms with Gasteiger partial charge in [0.1, 0.15) is 0 Å². The molecule has 1 N–H and O–H groups in total. The minimum atomic E-state index is 0. The number of hydrogen-bond acceptors (Lipinski definition) is 1. The van der Waals surface area contributed by atoms with Gasteiger partial charge in [-0.05, 0) is 26.7 Å². The van der Waals surface area contributed by atoms with Crippen molar-refractivity contribution in [3.63, 3.8) is 0 Å². The number of nitrogens with one attached hydrogen (secondary N) is 1. The van der Waals surface area contributed by atoms with Gasteiger partial charge in [-0.1, -0.05) is 19.4 Å². The molecular formula is C9H21N. The molecule has 0 amide bonds. The van der Waals surface area contributed by atoms with Gasteiger partial charge in [0.2, 0.25) is 0 Å². The summed E-state index contributed by atoms with van der Waals surface area (Å²) in [6.45, 7) is 11.9. The Kier molecular flexibility index (Phi) is 4.17. The van der Waals surface area contributed by atoms with Gasteiger partial charge in [0.15, 0.2) is 0 Å². The Balaban J connectivity index is 0. The predicted octanol–water partition coefficient (Wildman–Crippen LogP) is 2.79. The molecule has 0 rings (SSSR count). The zero-order valence-electron chi connectivity index (χ0n) is 7.78. The lowest BCUT2D eigenvalue weighted by Gasteiger charge is -2.11. The average Bonchev–Trinajstić information content (AvgIpc) is 1.87. The van der Waals surface area contributed by atoms with Crippen LogP contribution in [0.15, 0.2) is 11.3 Å². The van der Waals surface area contributed by atoms with Gasteiger partial charge in [-0.3, -0.25) is 0 Å². The fraction of sp³-hybridized carbons (Fsp3) is 0.778. The molecule has 0 unspecified atom stereocenters. The normalized spacial score (nSPS) is 13.4. The molecule has 1 nitrogen and oxygen atoms in total. The maximum absolute atomic E-state index is 3.31. The third-order valence-electron chi connectivity index (χ3n) is 1.90. The summed E-state index contributed by atoms with van der Waals surface area (Å²) in [6, 6.07) is 0. The van der Waals surface area contributed by atoms with E-state index in [0.29, 0.717) is 5.92 Å². The highest BCUT2D eigenvalue weighted by Crippen LogP contribution is 2.10. The van der Waals surface area contributed by atoms with Crippen LogP contribution in [0.25, 0.3) is 0 Å². The zero-order valence-corrected chi connectivity index (χ0v) is 7.78. The summed E-state index contributed by atoms with van der Waals surface area (Å²) < 4.78 is 0. The maximum Gasteiger partial charge on any atom is 0.0115 e. The first kappa shape index (κ1) is 9.54. The summed E-state index contributed by atoms with van der Waals surface area (Å²) in [5.74, 6) is 0.666. The Labute approximate surface area is 66.0 Å². The molecule has 0 aliphatic rings. The van der Waals surface area contributed by atoms with Crippen molar-refractivity contribution in [1.82, 2.24) is 5.32 Å². The summed E-state index contributed by atoms with van der Waals surface area (Å²) in [5.41, 5.74) is 2.79. The van der Waals surface area contributed by atoms with Crippen LogP contribution < -0.4 is 5.32 Å². The Hall–Kier alpha value is -0.460. The lowest BCUT2D eigenvalue weighted by atomic mass is 10.0.